The van der Waals surface area contributed by atoms with Gasteiger partial charge in [-0.2, -0.15) is 4.98 Å². The molecule has 3 fully saturated rings. The topological polar surface area (TPSA) is 67.8 Å². The Morgan fingerprint density at radius 3 is 2.41 bits per heavy atom. The van der Waals surface area contributed by atoms with Crippen molar-refractivity contribution < 1.29 is 9.50 Å². The highest BCUT2D eigenvalue weighted by molar-refractivity contribution is 6.01. The highest BCUT2D eigenvalue weighted by Gasteiger charge is 2.34. The monoisotopic (exact) mass is 498 g/mol. The zero-order valence-corrected chi connectivity index (χ0v) is 21.0. The molecule has 3 aliphatic heterocycles. The lowest BCUT2D eigenvalue weighted by atomic mass is 9.96. The molecule has 0 unspecified atom stereocenters. The van der Waals surface area contributed by atoms with Crippen LogP contribution >= 0.6 is 0 Å². The third kappa shape index (κ3) is 3.95. The van der Waals surface area contributed by atoms with E-state index in [1.807, 2.05) is 36.4 Å². The zero-order valence-electron chi connectivity index (χ0n) is 21.0. The summed E-state index contributed by atoms with van der Waals surface area (Å²) >= 11 is 0. The van der Waals surface area contributed by atoms with Gasteiger partial charge in [0.05, 0.1) is 0 Å². The Labute approximate surface area is 215 Å². The fourth-order valence-corrected chi connectivity index (χ4v) is 6.22. The highest BCUT2D eigenvalue weighted by atomic mass is 19.1. The summed E-state index contributed by atoms with van der Waals surface area (Å²) in [6.45, 7) is 5.20. The largest absolute Gasteiger partial charge is 0.508 e. The Balaban J connectivity index is 1.41. The van der Waals surface area contributed by atoms with Crippen molar-refractivity contribution in [2.75, 3.05) is 56.1 Å². The first kappa shape index (κ1) is 22.7. The molecule has 0 aliphatic carbocycles. The Kier molecular flexibility index (Phi) is 5.41. The van der Waals surface area contributed by atoms with Crippen LogP contribution in [0, 0.1) is 5.82 Å². The predicted molar refractivity (Wildman–Crippen MR) is 146 cm³/mol. The normalized spacial score (nSPS) is 22.3. The maximum Gasteiger partial charge on any atom is 0.228 e. The molecule has 8 heteroatoms. The van der Waals surface area contributed by atoms with Crippen LogP contribution in [0.25, 0.3) is 32.8 Å². The number of phenolic OH excluding ortho intramolecular Hbond substituents is 1. The molecule has 2 bridgehead atoms. The number of benzene rings is 3. The number of piperazine rings is 2. The summed E-state index contributed by atoms with van der Waals surface area (Å²) in [5, 5.41) is 16.6. The molecule has 190 valence electrons. The number of nitrogens with zero attached hydrogens (tertiary/aromatic N) is 5. The maximum absolute atomic E-state index is 16.5. The van der Waals surface area contributed by atoms with Gasteiger partial charge in [0.2, 0.25) is 5.95 Å². The van der Waals surface area contributed by atoms with Crippen LogP contribution in [0.1, 0.15) is 12.8 Å². The average molecular weight is 499 g/mol. The van der Waals surface area contributed by atoms with Crippen molar-refractivity contribution in [3.63, 3.8) is 0 Å². The number of aromatic nitrogens is 2. The van der Waals surface area contributed by atoms with Crippen LogP contribution in [0.5, 0.6) is 5.75 Å². The van der Waals surface area contributed by atoms with Gasteiger partial charge in [-0.25, -0.2) is 9.37 Å². The number of likely N-dealkylation sites (N-methyl/N-ethyl adjacent to an activating group) is 1. The second-order valence-corrected chi connectivity index (χ2v) is 10.7. The van der Waals surface area contributed by atoms with E-state index in [4.69, 9.17) is 9.97 Å². The molecular weight excluding hydrogens is 467 g/mol. The van der Waals surface area contributed by atoms with Gasteiger partial charge in [-0.1, -0.05) is 30.3 Å². The van der Waals surface area contributed by atoms with Gasteiger partial charge < -0.3 is 25.1 Å². The summed E-state index contributed by atoms with van der Waals surface area (Å²) in [5.74, 6) is 1.17. The highest BCUT2D eigenvalue weighted by Crippen LogP contribution is 2.39. The molecule has 0 radical (unpaired) electrons. The van der Waals surface area contributed by atoms with E-state index < -0.39 is 0 Å². The summed E-state index contributed by atoms with van der Waals surface area (Å²) < 4.78 is 16.5. The summed E-state index contributed by atoms with van der Waals surface area (Å²) in [5.41, 5.74) is 1.44. The summed E-state index contributed by atoms with van der Waals surface area (Å²) in [4.78, 5) is 16.7. The van der Waals surface area contributed by atoms with Crippen molar-refractivity contribution in [3.05, 3.63) is 54.3 Å². The van der Waals surface area contributed by atoms with E-state index in [9.17, 15) is 5.11 Å². The van der Waals surface area contributed by atoms with E-state index in [1.165, 1.54) is 12.8 Å². The molecule has 4 aromatic rings. The van der Waals surface area contributed by atoms with Crippen molar-refractivity contribution in [1.82, 2.24) is 20.2 Å². The standard InChI is InChI=1S/C29H31FN6O/c1-34-10-12-35(13-11-34)29-32-27-24(28(33-29)36-16-19-6-7-20(17-36)31-19)9-8-23(26(27)30)25-15-21(37)14-18-4-2-3-5-22(18)25/h2-5,8-9,14-15,19-20,31,37H,6-7,10-13,16-17H2,1H3/t19-,20+. The molecular formula is C29H31FN6O. The van der Waals surface area contributed by atoms with E-state index in [0.29, 0.717) is 34.7 Å². The number of aromatic hydroxyl groups is 1. The van der Waals surface area contributed by atoms with Crippen LogP contribution in [0.2, 0.25) is 0 Å². The van der Waals surface area contributed by atoms with Crippen LogP contribution in [-0.4, -0.2) is 78.4 Å². The smallest absolute Gasteiger partial charge is 0.228 e. The van der Waals surface area contributed by atoms with E-state index in [-0.39, 0.29) is 11.6 Å². The maximum atomic E-state index is 16.5. The third-order valence-electron chi connectivity index (χ3n) is 8.21. The molecule has 4 heterocycles. The number of halogens is 1. The number of fused-ring (bicyclic) bond motifs is 4. The van der Waals surface area contributed by atoms with Gasteiger partial charge in [-0.3, -0.25) is 0 Å². The van der Waals surface area contributed by atoms with Crippen molar-refractivity contribution in [2.45, 2.75) is 24.9 Å². The first-order valence-electron chi connectivity index (χ1n) is 13.2. The second-order valence-electron chi connectivity index (χ2n) is 10.7. The zero-order chi connectivity index (χ0) is 25.1. The van der Waals surface area contributed by atoms with Gasteiger partial charge in [0.15, 0.2) is 5.82 Å². The summed E-state index contributed by atoms with van der Waals surface area (Å²) in [6, 6.07) is 15.8. The van der Waals surface area contributed by atoms with E-state index in [2.05, 4.69) is 27.1 Å². The Morgan fingerprint density at radius 2 is 1.62 bits per heavy atom. The molecule has 0 spiro atoms. The number of phenols is 1. The molecule has 3 aliphatic rings. The number of nitrogens with one attached hydrogen (secondary N) is 1. The van der Waals surface area contributed by atoms with Crippen LogP contribution in [-0.2, 0) is 0 Å². The molecule has 7 rings (SSSR count). The quantitative estimate of drug-likeness (QED) is 0.443. The van der Waals surface area contributed by atoms with Crippen LogP contribution in [0.15, 0.2) is 48.5 Å². The number of hydrogen-bond donors (Lipinski definition) is 2. The average Bonchev–Trinajstić information content (AvgIpc) is 3.25. The van der Waals surface area contributed by atoms with E-state index >= 15 is 4.39 Å². The first-order chi connectivity index (χ1) is 18.0. The first-order valence-corrected chi connectivity index (χ1v) is 13.2. The number of hydrogen-bond acceptors (Lipinski definition) is 7. The summed E-state index contributed by atoms with van der Waals surface area (Å²) in [6.07, 6.45) is 2.33. The van der Waals surface area contributed by atoms with Gasteiger partial charge >= 0.3 is 0 Å². The molecule has 2 atom stereocenters. The molecule has 0 amide bonds. The van der Waals surface area contributed by atoms with E-state index in [1.54, 1.807) is 12.1 Å². The van der Waals surface area contributed by atoms with Crippen LogP contribution in [0.3, 0.4) is 0 Å². The fraction of sp³-hybridized carbons (Fsp3) is 0.379. The third-order valence-corrected chi connectivity index (χ3v) is 8.21. The van der Waals surface area contributed by atoms with Gasteiger partial charge in [0.1, 0.15) is 17.1 Å². The summed E-state index contributed by atoms with van der Waals surface area (Å²) in [7, 11) is 2.12. The minimum atomic E-state index is -0.370. The minimum absolute atomic E-state index is 0.117. The number of rotatable bonds is 3. The molecule has 3 saturated heterocycles. The molecule has 3 aromatic carbocycles. The van der Waals surface area contributed by atoms with Crippen LogP contribution < -0.4 is 15.1 Å². The lowest BCUT2D eigenvalue weighted by Crippen LogP contribution is -2.51. The molecule has 2 N–H and O–H groups in total. The Bertz CT molecular complexity index is 1490. The van der Waals surface area contributed by atoms with Crippen molar-refractivity contribution in [3.8, 4) is 16.9 Å². The van der Waals surface area contributed by atoms with Crippen LogP contribution in [0.4, 0.5) is 16.2 Å². The molecule has 1 aromatic heterocycles. The van der Waals surface area contributed by atoms with Gasteiger partial charge in [-0.15, -0.1) is 0 Å². The van der Waals surface area contributed by atoms with Gasteiger partial charge in [0.25, 0.3) is 0 Å². The van der Waals surface area contributed by atoms with E-state index in [0.717, 1.165) is 61.2 Å². The Morgan fingerprint density at radius 1 is 0.865 bits per heavy atom. The van der Waals surface area contributed by atoms with Crippen molar-refractivity contribution >= 4 is 33.4 Å². The van der Waals surface area contributed by atoms with Crippen molar-refractivity contribution in [1.29, 1.82) is 0 Å². The lowest BCUT2D eigenvalue weighted by molar-refractivity contribution is 0.311. The minimum Gasteiger partial charge on any atom is -0.508 e. The predicted octanol–water partition coefficient (Wildman–Crippen LogP) is 3.99. The lowest BCUT2D eigenvalue weighted by Gasteiger charge is -2.36. The molecule has 37 heavy (non-hydrogen) atoms. The fourth-order valence-electron chi connectivity index (χ4n) is 6.22. The molecule has 7 nitrogen and oxygen atoms in total. The number of anilines is 2. The molecule has 0 saturated carbocycles. The SMILES string of the molecule is CN1CCN(c2nc(N3C[C@H]4CC[C@@H](C3)N4)c3ccc(-c4cc(O)cc5ccccc45)c(F)c3n2)CC1. The van der Waals surface area contributed by atoms with Crippen molar-refractivity contribution in [2.24, 2.45) is 0 Å². The second kappa shape index (κ2) is 8.82. The van der Waals surface area contributed by atoms with Gasteiger partial charge in [-0.05, 0) is 54.4 Å². The van der Waals surface area contributed by atoms with Gasteiger partial charge in [0, 0.05) is 62.3 Å². The Hall–Kier alpha value is -3.49.